The lowest BCUT2D eigenvalue weighted by Gasteiger charge is -2.46. The number of rotatable bonds is 8. The van der Waals surface area contributed by atoms with Crippen molar-refractivity contribution in [1.82, 2.24) is 10.2 Å². The van der Waals surface area contributed by atoms with E-state index in [0.29, 0.717) is 29.7 Å². The molecule has 2 fully saturated rings. The van der Waals surface area contributed by atoms with E-state index in [0.717, 1.165) is 43.6 Å². The van der Waals surface area contributed by atoms with Crippen LogP contribution in [0, 0.1) is 11.8 Å². The Bertz CT molecular complexity index is 848. The molecule has 4 rings (SSSR count). The first-order chi connectivity index (χ1) is 16.0. The van der Waals surface area contributed by atoms with Crippen molar-refractivity contribution in [3.8, 4) is 0 Å². The zero-order valence-electron chi connectivity index (χ0n) is 20.0. The Kier molecular flexibility index (Phi) is 8.36. The Morgan fingerprint density at radius 2 is 2.03 bits per heavy atom. The van der Waals surface area contributed by atoms with Crippen molar-refractivity contribution < 1.29 is 14.7 Å². The number of amides is 1. The number of carbonyl (C=O) groups excluding carboxylic acids is 2. The van der Waals surface area contributed by atoms with Crippen LogP contribution in [-0.2, 0) is 11.2 Å². The number of Topliss-reactive ketones (excluding diaryl/α,β-unsaturated/α-hetero) is 1. The first-order valence-corrected chi connectivity index (χ1v) is 14.0. The van der Waals surface area contributed by atoms with Gasteiger partial charge >= 0.3 is 0 Å². The van der Waals surface area contributed by atoms with E-state index in [1.165, 1.54) is 25.7 Å². The highest BCUT2D eigenvalue weighted by molar-refractivity contribution is 7.98. The van der Waals surface area contributed by atoms with Gasteiger partial charge in [0.05, 0.1) is 18.2 Å². The van der Waals surface area contributed by atoms with Crippen molar-refractivity contribution in [2.45, 2.75) is 70.1 Å². The number of carbonyl (C=O) groups is 2. The van der Waals surface area contributed by atoms with E-state index in [1.807, 2.05) is 24.5 Å². The smallest absolute Gasteiger partial charge is 0.251 e. The molecule has 0 bridgehead atoms. The highest BCUT2D eigenvalue weighted by Crippen LogP contribution is 2.39. The molecular formula is C26H39N3O3S. The number of piperidine rings is 1. The summed E-state index contributed by atoms with van der Waals surface area (Å²) in [5.74, 6) is 1.96. The summed E-state index contributed by atoms with van der Waals surface area (Å²) in [6, 6.07) is 5.34. The highest BCUT2D eigenvalue weighted by Gasteiger charge is 2.40. The van der Waals surface area contributed by atoms with Crippen molar-refractivity contribution in [3.05, 3.63) is 29.3 Å². The monoisotopic (exact) mass is 473 g/mol. The van der Waals surface area contributed by atoms with Gasteiger partial charge in [0.1, 0.15) is 5.78 Å². The average molecular weight is 474 g/mol. The summed E-state index contributed by atoms with van der Waals surface area (Å²) in [7, 11) is 0. The molecule has 2 aliphatic heterocycles. The second-order valence-corrected chi connectivity index (χ2v) is 11.0. The number of ketones is 1. The molecule has 2 heterocycles. The minimum atomic E-state index is -0.721. The molecule has 1 aromatic carbocycles. The third-order valence-corrected chi connectivity index (χ3v) is 8.55. The zero-order chi connectivity index (χ0) is 23.4. The van der Waals surface area contributed by atoms with Crippen molar-refractivity contribution in [3.63, 3.8) is 0 Å². The molecule has 5 unspecified atom stereocenters. The molecule has 3 N–H and O–H groups in total. The predicted octanol–water partition coefficient (Wildman–Crippen LogP) is 3.34. The van der Waals surface area contributed by atoms with Gasteiger partial charge < -0.3 is 15.7 Å². The number of β-amino-alcohol motifs (C(OH)–C–C–N with tert-alkyl or cyclic N) is 1. The average Bonchev–Trinajstić information content (AvgIpc) is 2.82. The normalized spacial score (nSPS) is 26.9. The molecule has 7 heteroatoms. The van der Waals surface area contributed by atoms with Gasteiger partial charge in [-0.1, -0.05) is 25.3 Å². The fourth-order valence-electron chi connectivity index (χ4n) is 6.09. The van der Waals surface area contributed by atoms with E-state index in [-0.39, 0.29) is 23.8 Å². The minimum Gasteiger partial charge on any atom is -0.390 e. The number of nitrogens with one attached hydrogen (secondary N) is 2. The molecule has 3 aliphatic rings. The Morgan fingerprint density at radius 1 is 1.24 bits per heavy atom. The lowest BCUT2D eigenvalue weighted by Crippen LogP contribution is -2.56. The number of aliphatic hydroxyl groups is 1. The molecule has 1 saturated carbocycles. The van der Waals surface area contributed by atoms with Crippen molar-refractivity contribution >= 4 is 29.1 Å². The van der Waals surface area contributed by atoms with E-state index < -0.39 is 6.10 Å². The van der Waals surface area contributed by atoms with Gasteiger partial charge in [-0.05, 0) is 68.4 Å². The number of nitrogens with zero attached hydrogens (tertiary/aromatic N) is 1. The summed E-state index contributed by atoms with van der Waals surface area (Å²) >= 11 is 1.62. The summed E-state index contributed by atoms with van der Waals surface area (Å²) in [4.78, 5) is 27.9. The number of hydrogen-bond donors (Lipinski definition) is 3. The van der Waals surface area contributed by atoms with Gasteiger partial charge in [0.2, 0.25) is 0 Å². The molecule has 5 atom stereocenters. The number of benzene rings is 1. The number of anilines is 1. The quantitative estimate of drug-likeness (QED) is 0.537. The summed E-state index contributed by atoms with van der Waals surface area (Å²) < 4.78 is 0. The number of thioether (sulfide) groups is 1. The Morgan fingerprint density at radius 3 is 2.79 bits per heavy atom. The van der Waals surface area contributed by atoms with Crippen LogP contribution in [0.5, 0.6) is 0 Å². The number of fused-ring (bicyclic) bond motifs is 2. The van der Waals surface area contributed by atoms with E-state index in [9.17, 15) is 14.7 Å². The third kappa shape index (κ3) is 5.75. The standard InChI is InChI=1S/C26H39N3O3S/c1-17(30)24-13-18-7-3-4-8-19(18)14-29(24)15-25(31)23(16-33-2)28-26(32)21-9-5-11-22-20(21)10-6-12-27-22/h5,9,11,18-19,23-25,27,31H,3-4,6-8,10,12-16H2,1-2H3,(H,28,32). The topological polar surface area (TPSA) is 81.7 Å². The molecule has 33 heavy (non-hydrogen) atoms. The first-order valence-electron chi connectivity index (χ1n) is 12.6. The van der Waals surface area contributed by atoms with Crippen LogP contribution < -0.4 is 10.6 Å². The SMILES string of the molecule is CSCC(NC(=O)c1cccc2c1CCCN2)C(O)CN1CC2CCCCC2CC1C(C)=O. The van der Waals surface area contributed by atoms with Crippen molar-refractivity contribution in [2.24, 2.45) is 11.8 Å². The fraction of sp³-hybridized carbons (Fsp3) is 0.692. The molecule has 182 valence electrons. The highest BCUT2D eigenvalue weighted by atomic mass is 32.2. The zero-order valence-corrected chi connectivity index (χ0v) is 20.8. The van der Waals surface area contributed by atoms with Crippen molar-refractivity contribution in [2.75, 3.05) is 37.0 Å². The van der Waals surface area contributed by atoms with Gasteiger partial charge in [-0.2, -0.15) is 11.8 Å². The van der Waals surface area contributed by atoms with Crippen LogP contribution in [0.15, 0.2) is 18.2 Å². The second kappa shape index (κ2) is 11.2. The molecular weight excluding hydrogens is 434 g/mol. The Labute approximate surface area is 202 Å². The van der Waals surface area contributed by atoms with Crippen molar-refractivity contribution in [1.29, 1.82) is 0 Å². The summed E-state index contributed by atoms with van der Waals surface area (Å²) in [6.07, 6.45) is 9.07. The molecule has 1 saturated heterocycles. The second-order valence-electron chi connectivity index (χ2n) is 10.1. The lowest BCUT2D eigenvalue weighted by molar-refractivity contribution is -0.126. The van der Waals surface area contributed by atoms with Crippen LogP contribution in [0.3, 0.4) is 0 Å². The molecule has 1 aromatic rings. The van der Waals surface area contributed by atoms with Crippen LogP contribution in [0.2, 0.25) is 0 Å². The lowest BCUT2D eigenvalue weighted by atomic mass is 9.72. The molecule has 1 amide bonds. The van der Waals surface area contributed by atoms with Crippen LogP contribution in [0.25, 0.3) is 0 Å². The molecule has 1 aliphatic carbocycles. The van der Waals surface area contributed by atoms with Crippen LogP contribution in [-0.4, -0.2) is 71.5 Å². The molecule has 0 aromatic heterocycles. The van der Waals surface area contributed by atoms with E-state index in [2.05, 4.69) is 15.5 Å². The third-order valence-electron chi connectivity index (χ3n) is 7.86. The molecule has 0 radical (unpaired) electrons. The maximum Gasteiger partial charge on any atom is 0.251 e. The van der Waals surface area contributed by atoms with Gasteiger partial charge in [-0.3, -0.25) is 14.5 Å². The maximum absolute atomic E-state index is 13.2. The summed E-state index contributed by atoms with van der Waals surface area (Å²) in [5, 5.41) is 17.7. The van der Waals surface area contributed by atoms with Gasteiger partial charge in [-0.25, -0.2) is 0 Å². The van der Waals surface area contributed by atoms with Gasteiger partial charge in [0.25, 0.3) is 5.91 Å². The number of hydrogen-bond acceptors (Lipinski definition) is 6. The van der Waals surface area contributed by atoms with E-state index >= 15 is 0 Å². The molecule has 6 nitrogen and oxygen atoms in total. The predicted molar refractivity (Wildman–Crippen MR) is 135 cm³/mol. The Balaban J connectivity index is 1.45. The van der Waals surface area contributed by atoms with Gasteiger partial charge in [-0.15, -0.1) is 0 Å². The van der Waals surface area contributed by atoms with E-state index in [1.54, 1.807) is 18.7 Å². The fourth-order valence-corrected chi connectivity index (χ4v) is 6.75. The number of aliphatic hydroxyl groups excluding tert-OH is 1. The van der Waals surface area contributed by atoms with Crippen LogP contribution >= 0.6 is 11.8 Å². The Hall–Kier alpha value is -1.57. The van der Waals surface area contributed by atoms with Crippen LogP contribution in [0.4, 0.5) is 5.69 Å². The summed E-state index contributed by atoms with van der Waals surface area (Å²) in [5.41, 5.74) is 2.80. The number of likely N-dealkylation sites (tertiary alicyclic amines) is 1. The van der Waals surface area contributed by atoms with Crippen LogP contribution in [0.1, 0.15) is 61.4 Å². The largest absolute Gasteiger partial charge is 0.390 e. The summed E-state index contributed by atoms with van der Waals surface area (Å²) in [6.45, 7) is 3.92. The van der Waals surface area contributed by atoms with Gasteiger partial charge in [0, 0.05) is 36.6 Å². The maximum atomic E-state index is 13.2. The minimum absolute atomic E-state index is 0.114. The molecule has 0 spiro atoms. The van der Waals surface area contributed by atoms with Gasteiger partial charge in [0.15, 0.2) is 0 Å². The first kappa shape index (κ1) is 24.6. The van der Waals surface area contributed by atoms with E-state index in [4.69, 9.17) is 0 Å².